The third-order valence-electron chi connectivity index (χ3n) is 7.08. The van der Waals surface area contributed by atoms with Gasteiger partial charge in [-0.05, 0) is 38.1 Å². The van der Waals surface area contributed by atoms with Gasteiger partial charge in [0.2, 0.25) is 15.9 Å². The second-order valence-corrected chi connectivity index (χ2v) is 11.1. The number of rotatable bonds is 8. The highest BCUT2D eigenvalue weighted by Crippen LogP contribution is 2.33. The van der Waals surface area contributed by atoms with Gasteiger partial charge in [-0.3, -0.25) is 10.1 Å². The molecule has 3 aliphatic heterocycles. The molecule has 10 nitrogen and oxygen atoms in total. The number of benzene rings is 1. The summed E-state index contributed by atoms with van der Waals surface area (Å²) in [6.45, 7) is 9.84. The molecule has 1 aromatic rings. The van der Waals surface area contributed by atoms with Gasteiger partial charge in [0.05, 0.1) is 17.5 Å². The maximum absolute atomic E-state index is 13.5. The molecular formula is C23H38N6O4S. The van der Waals surface area contributed by atoms with Gasteiger partial charge >= 0.3 is 0 Å². The van der Waals surface area contributed by atoms with E-state index in [9.17, 15) is 13.2 Å². The van der Waals surface area contributed by atoms with Gasteiger partial charge in [-0.1, -0.05) is 20.3 Å². The minimum atomic E-state index is -3.66. The first kappa shape index (κ1) is 25.3. The number of hydrazine groups is 1. The van der Waals surface area contributed by atoms with Crippen LogP contribution in [0.5, 0.6) is 5.75 Å². The van der Waals surface area contributed by atoms with E-state index in [1.807, 2.05) is 19.0 Å². The topological polar surface area (TPSA) is 106 Å². The van der Waals surface area contributed by atoms with E-state index < -0.39 is 16.2 Å². The molecule has 3 N–H and O–H groups in total. The van der Waals surface area contributed by atoms with Crippen molar-refractivity contribution in [2.75, 3.05) is 46.4 Å². The van der Waals surface area contributed by atoms with E-state index in [0.29, 0.717) is 31.0 Å². The minimum absolute atomic E-state index is 0.0891. The maximum atomic E-state index is 13.5. The molecule has 0 radical (unpaired) electrons. The third-order valence-corrected chi connectivity index (χ3v) is 8.98. The Morgan fingerprint density at radius 2 is 1.85 bits per heavy atom. The summed E-state index contributed by atoms with van der Waals surface area (Å²) in [5.41, 5.74) is 4.03. The fourth-order valence-corrected chi connectivity index (χ4v) is 6.71. The number of hydrogen-bond donors (Lipinski definition) is 3. The SMILES string of the molecule is CCCC1NN(C)C2C(=O)NC(c3cc(S(=O)(=O)N4CCN(CC)CC4)ccc3OCC)NC12. The van der Waals surface area contributed by atoms with E-state index in [4.69, 9.17) is 4.74 Å². The van der Waals surface area contributed by atoms with Crippen LogP contribution in [0.25, 0.3) is 0 Å². The molecule has 0 aliphatic carbocycles. The Bertz CT molecular complexity index is 982. The average molecular weight is 495 g/mol. The van der Waals surface area contributed by atoms with Crippen LogP contribution in [-0.2, 0) is 14.8 Å². The van der Waals surface area contributed by atoms with Crippen molar-refractivity contribution in [1.29, 1.82) is 0 Å². The molecule has 3 heterocycles. The number of nitrogens with one attached hydrogen (secondary N) is 3. The van der Waals surface area contributed by atoms with E-state index in [2.05, 4.69) is 34.8 Å². The van der Waals surface area contributed by atoms with E-state index in [1.54, 1.807) is 22.5 Å². The smallest absolute Gasteiger partial charge is 0.243 e. The van der Waals surface area contributed by atoms with Crippen LogP contribution in [0.2, 0.25) is 0 Å². The summed E-state index contributed by atoms with van der Waals surface area (Å²) < 4.78 is 34.3. The first-order valence-corrected chi connectivity index (χ1v) is 13.8. The first-order chi connectivity index (χ1) is 16.3. The van der Waals surface area contributed by atoms with Crippen molar-refractivity contribution in [2.45, 2.75) is 62.8 Å². The zero-order valence-electron chi connectivity index (χ0n) is 20.6. The largest absolute Gasteiger partial charge is 0.493 e. The van der Waals surface area contributed by atoms with Crippen LogP contribution in [0.15, 0.2) is 23.1 Å². The van der Waals surface area contributed by atoms with Crippen molar-refractivity contribution in [3.63, 3.8) is 0 Å². The molecule has 4 atom stereocenters. The fraction of sp³-hybridized carbons (Fsp3) is 0.696. The summed E-state index contributed by atoms with van der Waals surface area (Å²) in [5.74, 6) is 0.480. The van der Waals surface area contributed by atoms with Crippen molar-refractivity contribution < 1.29 is 17.9 Å². The molecule has 0 bridgehead atoms. The highest BCUT2D eigenvalue weighted by Gasteiger charge is 2.48. The number of carbonyl (C=O) groups excluding carboxylic acids is 1. The Kier molecular flexibility index (Phi) is 7.80. The molecule has 3 saturated heterocycles. The second-order valence-electron chi connectivity index (χ2n) is 9.19. The van der Waals surface area contributed by atoms with Gasteiger partial charge in [0.15, 0.2) is 0 Å². The van der Waals surface area contributed by atoms with E-state index >= 15 is 0 Å². The standard InChI is InChI=1S/C23H38N6O4S/c1-5-8-18-20-21(27(4)26-18)23(30)25-22(24-20)17-15-16(9-10-19(17)33-7-3)34(31,32)29-13-11-28(6-2)12-14-29/h9-10,15,18,20-22,24,26H,5-8,11-14H2,1-4H3,(H,25,30). The van der Waals surface area contributed by atoms with Crippen LogP contribution in [0.3, 0.4) is 0 Å². The zero-order valence-corrected chi connectivity index (χ0v) is 21.4. The van der Waals surface area contributed by atoms with Crippen molar-refractivity contribution in [3.05, 3.63) is 23.8 Å². The van der Waals surface area contributed by atoms with Crippen LogP contribution in [-0.4, -0.2) is 93.0 Å². The summed E-state index contributed by atoms with van der Waals surface area (Å²) in [7, 11) is -1.77. The van der Waals surface area contributed by atoms with Gasteiger partial charge in [0.1, 0.15) is 18.0 Å². The molecule has 1 aromatic carbocycles. The van der Waals surface area contributed by atoms with Crippen LogP contribution in [0.1, 0.15) is 45.3 Å². The number of hydrogen-bond acceptors (Lipinski definition) is 8. The lowest BCUT2D eigenvalue weighted by Crippen LogP contribution is -2.62. The molecule has 3 aliphatic rings. The van der Waals surface area contributed by atoms with Crippen molar-refractivity contribution in [2.24, 2.45) is 0 Å². The lowest BCUT2D eigenvalue weighted by molar-refractivity contribution is -0.129. The van der Waals surface area contributed by atoms with Gasteiger partial charge in [-0.25, -0.2) is 18.9 Å². The Hall–Kier alpha value is -1.76. The van der Waals surface area contributed by atoms with E-state index in [-0.39, 0.29) is 28.9 Å². The second kappa shape index (κ2) is 10.5. The Labute approximate surface area is 203 Å². The monoisotopic (exact) mass is 494 g/mol. The molecule has 4 unspecified atom stereocenters. The Morgan fingerprint density at radius 1 is 1.12 bits per heavy atom. The predicted molar refractivity (Wildman–Crippen MR) is 130 cm³/mol. The summed E-state index contributed by atoms with van der Waals surface area (Å²) in [4.78, 5) is 15.5. The normalized spacial score (nSPS) is 29.1. The summed E-state index contributed by atoms with van der Waals surface area (Å²) in [6, 6.07) is 4.66. The predicted octanol–water partition coefficient (Wildman–Crippen LogP) is 0.485. The molecular weight excluding hydrogens is 456 g/mol. The number of carbonyl (C=O) groups is 1. The Morgan fingerprint density at radius 3 is 2.50 bits per heavy atom. The lowest BCUT2D eigenvalue weighted by atomic mass is 9.94. The molecule has 1 amide bonds. The van der Waals surface area contributed by atoms with Gasteiger partial charge in [0, 0.05) is 44.8 Å². The molecule has 190 valence electrons. The number of nitrogens with zero attached hydrogens (tertiary/aromatic N) is 3. The van der Waals surface area contributed by atoms with Crippen molar-refractivity contribution in [1.82, 2.24) is 30.3 Å². The molecule has 0 spiro atoms. The number of fused-ring (bicyclic) bond motifs is 1. The molecule has 0 aromatic heterocycles. The number of piperazine rings is 1. The highest BCUT2D eigenvalue weighted by molar-refractivity contribution is 7.89. The number of sulfonamides is 1. The Balaban J connectivity index is 1.63. The average Bonchev–Trinajstić information content (AvgIpc) is 3.15. The molecule has 11 heteroatoms. The van der Waals surface area contributed by atoms with E-state index in [0.717, 1.165) is 32.5 Å². The fourth-order valence-electron chi connectivity index (χ4n) is 5.25. The van der Waals surface area contributed by atoms with Crippen LogP contribution >= 0.6 is 0 Å². The first-order valence-electron chi connectivity index (χ1n) is 12.3. The maximum Gasteiger partial charge on any atom is 0.243 e. The third kappa shape index (κ3) is 4.82. The van der Waals surface area contributed by atoms with Gasteiger partial charge < -0.3 is 15.0 Å². The number of likely N-dealkylation sites (N-methyl/N-ethyl adjacent to an activating group) is 2. The van der Waals surface area contributed by atoms with E-state index in [1.165, 1.54) is 0 Å². The molecule has 3 fully saturated rings. The highest BCUT2D eigenvalue weighted by atomic mass is 32.2. The molecule has 34 heavy (non-hydrogen) atoms. The van der Waals surface area contributed by atoms with Gasteiger partial charge in [-0.2, -0.15) is 4.31 Å². The van der Waals surface area contributed by atoms with Crippen molar-refractivity contribution >= 4 is 15.9 Å². The number of ether oxygens (including phenoxy) is 1. The van der Waals surface area contributed by atoms with Crippen molar-refractivity contribution in [3.8, 4) is 5.75 Å². The number of amides is 1. The molecule has 0 saturated carbocycles. The summed E-state index contributed by atoms with van der Waals surface area (Å²) in [6.07, 6.45) is 1.37. The van der Waals surface area contributed by atoms with Crippen LogP contribution in [0.4, 0.5) is 0 Å². The quantitative estimate of drug-likeness (QED) is 0.479. The summed E-state index contributed by atoms with van der Waals surface area (Å²) >= 11 is 0. The minimum Gasteiger partial charge on any atom is -0.493 e. The van der Waals surface area contributed by atoms with Gasteiger partial charge in [0.25, 0.3) is 0 Å². The molecule has 4 rings (SSSR count). The zero-order chi connectivity index (χ0) is 24.5. The van der Waals surface area contributed by atoms with Crippen LogP contribution < -0.4 is 20.8 Å². The van der Waals surface area contributed by atoms with Crippen LogP contribution in [0, 0.1) is 0 Å². The lowest BCUT2D eigenvalue weighted by Gasteiger charge is -2.37. The van der Waals surface area contributed by atoms with Gasteiger partial charge in [-0.15, -0.1) is 0 Å². The summed E-state index contributed by atoms with van der Waals surface area (Å²) in [5, 5.41) is 8.47.